The standard InChI is InChI=1S/C17H10N2O3S/c20-16-11-6-14-15(22-9-21-14)7-12(11)19-13(8-23-17(19)18-16)10-4-2-1-3-5-10/h1-8H,9H2. The number of hydrogen-bond donors (Lipinski definition) is 0. The lowest BCUT2D eigenvalue weighted by molar-refractivity contribution is 0.174. The lowest BCUT2D eigenvalue weighted by Gasteiger charge is -2.07. The number of nitrogens with zero attached hydrogens (tertiary/aromatic N) is 2. The molecule has 0 radical (unpaired) electrons. The first-order valence-electron chi connectivity index (χ1n) is 7.10. The molecule has 0 amide bonds. The van der Waals surface area contributed by atoms with E-state index in [1.54, 1.807) is 6.07 Å². The van der Waals surface area contributed by atoms with Crippen LogP contribution in [0.15, 0.2) is 52.6 Å². The molecule has 6 heteroatoms. The van der Waals surface area contributed by atoms with Gasteiger partial charge in [0.15, 0.2) is 16.5 Å². The van der Waals surface area contributed by atoms with E-state index in [1.165, 1.54) is 11.3 Å². The van der Waals surface area contributed by atoms with Gasteiger partial charge in [-0.3, -0.25) is 9.20 Å². The van der Waals surface area contributed by atoms with Gasteiger partial charge in [-0.1, -0.05) is 30.3 Å². The Labute approximate surface area is 134 Å². The molecule has 4 aromatic rings. The second kappa shape index (κ2) is 4.57. The molecule has 1 aliphatic rings. The molecule has 0 N–H and O–H groups in total. The number of aromatic nitrogens is 2. The average molecular weight is 322 g/mol. The van der Waals surface area contributed by atoms with Crippen molar-refractivity contribution in [1.29, 1.82) is 0 Å². The van der Waals surface area contributed by atoms with E-state index in [1.807, 2.05) is 46.2 Å². The van der Waals surface area contributed by atoms with Gasteiger partial charge in [0.2, 0.25) is 6.79 Å². The van der Waals surface area contributed by atoms with Gasteiger partial charge >= 0.3 is 0 Å². The molecule has 0 saturated carbocycles. The summed E-state index contributed by atoms with van der Waals surface area (Å²) in [6.07, 6.45) is 0. The molecule has 0 fully saturated rings. The van der Waals surface area contributed by atoms with Crippen molar-refractivity contribution in [1.82, 2.24) is 9.38 Å². The van der Waals surface area contributed by atoms with E-state index < -0.39 is 0 Å². The number of fused-ring (bicyclic) bond motifs is 4. The smallest absolute Gasteiger partial charge is 0.281 e. The summed E-state index contributed by atoms with van der Waals surface area (Å²) in [5, 5.41) is 2.54. The van der Waals surface area contributed by atoms with E-state index >= 15 is 0 Å². The highest BCUT2D eigenvalue weighted by Crippen LogP contribution is 2.36. The Morgan fingerprint density at radius 2 is 1.87 bits per heavy atom. The molecule has 0 spiro atoms. The summed E-state index contributed by atoms with van der Waals surface area (Å²) < 4.78 is 12.8. The molecule has 2 aromatic carbocycles. The van der Waals surface area contributed by atoms with Crippen LogP contribution in [-0.2, 0) is 0 Å². The number of rotatable bonds is 1. The van der Waals surface area contributed by atoms with Crippen molar-refractivity contribution < 1.29 is 9.47 Å². The Hall–Kier alpha value is -2.86. The Morgan fingerprint density at radius 1 is 1.09 bits per heavy atom. The Balaban J connectivity index is 1.95. The zero-order valence-electron chi connectivity index (χ0n) is 11.9. The lowest BCUT2D eigenvalue weighted by Crippen LogP contribution is -2.09. The maximum absolute atomic E-state index is 12.3. The molecule has 0 atom stereocenters. The summed E-state index contributed by atoms with van der Waals surface area (Å²) in [4.78, 5) is 17.2. The van der Waals surface area contributed by atoms with E-state index in [0.717, 1.165) is 16.8 Å². The second-order valence-corrected chi connectivity index (χ2v) is 6.08. The van der Waals surface area contributed by atoms with Gasteiger partial charge in [-0.2, -0.15) is 4.98 Å². The maximum atomic E-state index is 12.3. The van der Waals surface area contributed by atoms with Crippen LogP contribution in [0.25, 0.3) is 27.1 Å². The summed E-state index contributed by atoms with van der Waals surface area (Å²) in [5.41, 5.74) is 2.61. The van der Waals surface area contributed by atoms with Gasteiger partial charge in [0.05, 0.1) is 16.6 Å². The van der Waals surface area contributed by atoms with Gasteiger partial charge in [0.25, 0.3) is 5.56 Å². The molecule has 0 unspecified atom stereocenters. The fourth-order valence-electron chi connectivity index (χ4n) is 2.87. The van der Waals surface area contributed by atoms with E-state index in [0.29, 0.717) is 21.8 Å². The summed E-state index contributed by atoms with van der Waals surface area (Å²) in [5.74, 6) is 1.25. The summed E-state index contributed by atoms with van der Waals surface area (Å²) in [7, 11) is 0. The van der Waals surface area contributed by atoms with E-state index in [-0.39, 0.29) is 12.4 Å². The third-order valence-corrected chi connectivity index (χ3v) is 4.76. The van der Waals surface area contributed by atoms with Gasteiger partial charge in [-0.15, -0.1) is 11.3 Å². The first-order valence-corrected chi connectivity index (χ1v) is 7.98. The molecular formula is C17H10N2O3S. The molecule has 3 heterocycles. The van der Waals surface area contributed by atoms with Crippen LogP contribution in [0.3, 0.4) is 0 Å². The third kappa shape index (κ3) is 1.78. The molecule has 5 nitrogen and oxygen atoms in total. The minimum atomic E-state index is -0.250. The SMILES string of the molecule is O=c1nc2scc(-c3ccccc3)n2c2cc3c(cc12)OCO3. The number of hydrogen-bond acceptors (Lipinski definition) is 5. The van der Waals surface area contributed by atoms with Crippen LogP contribution in [0, 0.1) is 0 Å². The molecular weight excluding hydrogens is 312 g/mol. The van der Waals surface area contributed by atoms with E-state index in [9.17, 15) is 4.79 Å². The number of benzene rings is 2. The molecule has 0 saturated heterocycles. The predicted octanol–water partition coefficient (Wildman–Crippen LogP) is 3.30. The van der Waals surface area contributed by atoms with E-state index in [4.69, 9.17) is 9.47 Å². The molecule has 1 aliphatic heterocycles. The van der Waals surface area contributed by atoms with Crippen molar-refractivity contribution in [3.8, 4) is 22.8 Å². The monoisotopic (exact) mass is 322 g/mol. The van der Waals surface area contributed by atoms with Crippen molar-refractivity contribution in [3.63, 3.8) is 0 Å². The molecule has 112 valence electrons. The van der Waals surface area contributed by atoms with Crippen LogP contribution in [0.5, 0.6) is 11.5 Å². The third-order valence-electron chi connectivity index (χ3n) is 3.94. The Kier molecular flexibility index (Phi) is 2.51. The van der Waals surface area contributed by atoms with Crippen molar-refractivity contribution >= 4 is 27.2 Å². The molecule has 23 heavy (non-hydrogen) atoms. The first-order chi connectivity index (χ1) is 11.3. The van der Waals surface area contributed by atoms with Gasteiger partial charge < -0.3 is 9.47 Å². The van der Waals surface area contributed by atoms with Gasteiger partial charge in [0, 0.05) is 11.4 Å². The lowest BCUT2D eigenvalue weighted by atomic mass is 10.1. The molecule has 5 rings (SSSR count). The maximum Gasteiger partial charge on any atom is 0.281 e. The van der Waals surface area contributed by atoms with Crippen molar-refractivity contribution in [3.05, 3.63) is 58.2 Å². The molecule has 0 aliphatic carbocycles. The number of thiazole rings is 1. The minimum Gasteiger partial charge on any atom is -0.454 e. The summed E-state index contributed by atoms with van der Waals surface area (Å²) in [6, 6.07) is 13.6. The quantitative estimate of drug-likeness (QED) is 0.539. The van der Waals surface area contributed by atoms with Crippen LogP contribution in [-0.4, -0.2) is 16.2 Å². The van der Waals surface area contributed by atoms with Crippen LogP contribution in [0.4, 0.5) is 0 Å². The van der Waals surface area contributed by atoms with Crippen molar-refractivity contribution in [2.45, 2.75) is 0 Å². The Morgan fingerprint density at radius 3 is 2.70 bits per heavy atom. The van der Waals surface area contributed by atoms with Crippen LogP contribution >= 0.6 is 11.3 Å². The molecule has 2 aromatic heterocycles. The zero-order chi connectivity index (χ0) is 15.4. The van der Waals surface area contributed by atoms with Crippen molar-refractivity contribution in [2.75, 3.05) is 6.79 Å². The minimum absolute atomic E-state index is 0.177. The fourth-order valence-corrected chi connectivity index (χ4v) is 3.76. The van der Waals surface area contributed by atoms with Crippen molar-refractivity contribution in [2.24, 2.45) is 0 Å². The average Bonchev–Trinajstić information content (AvgIpc) is 3.20. The highest BCUT2D eigenvalue weighted by molar-refractivity contribution is 7.15. The fraction of sp³-hybridized carbons (Fsp3) is 0.0588. The summed E-state index contributed by atoms with van der Waals surface area (Å²) in [6.45, 7) is 0.177. The topological polar surface area (TPSA) is 52.8 Å². The normalized spacial score (nSPS) is 13.0. The van der Waals surface area contributed by atoms with Gasteiger partial charge in [-0.25, -0.2) is 0 Å². The van der Waals surface area contributed by atoms with Gasteiger partial charge in [0.1, 0.15) is 0 Å². The highest BCUT2D eigenvalue weighted by Gasteiger charge is 2.19. The first kappa shape index (κ1) is 12.7. The van der Waals surface area contributed by atoms with Gasteiger partial charge in [-0.05, 0) is 11.6 Å². The zero-order valence-corrected chi connectivity index (χ0v) is 12.7. The second-order valence-electron chi connectivity index (χ2n) is 5.24. The van der Waals surface area contributed by atoms with Crippen LogP contribution in [0.1, 0.15) is 0 Å². The molecule has 0 bridgehead atoms. The predicted molar refractivity (Wildman–Crippen MR) is 88.4 cm³/mol. The van der Waals surface area contributed by atoms with E-state index in [2.05, 4.69) is 4.98 Å². The summed E-state index contributed by atoms with van der Waals surface area (Å²) >= 11 is 1.45. The highest BCUT2D eigenvalue weighted by atomic mass is 32.1. The Bertz CT molecular complexity index is 1120. The van der Waals surface area contributed by atoms with Crippen LogP contribution < -0.4 is 15.0 Å². The number of ether oxygens (including phenoxy) is 2. The largest absolute Gasteiger partial charge is 0.454 e. The van der Waals surface area contributed by atoms with Crippen LogP contribution in [0.2, 0.25) is 0 Å².